The van der Waals surface area contributed by atoms with E-state index in [2.05, 4.69) is 47.7 Å². The first kappa shape index (κ1) is 20.4. The van der Waals surface area contributed by atoms with Gasteiger partial charge < -0.3 is 5.32 Å². The maximum Gasteiger partial charge on any atom is 0.230 e. The number of tetrazole rings is 1. The smallest absolute Gasteiger partial charge is 0.230 e. The van der Waals surface area contributed by atoms with Crippen LogP contribution in [-0.4, -0.2) is 37.9 Å². The molecule has 2 rings (SSSR count). The molecule has 1 amide bonds. The normalized spacial score (nSPS) is 12.4. The zero-order valence-electron chi connectivity index (χ0n) is 16.3. The molecule has 6 nitrogen and oxygen atoms in total. The number of nitrogens with zero attached hydrogens (tertiary/aromatic N) is 4. The van der Waals surface area contributed by atoms with E-state index in [9.17, 15) is 4.79 Å². The second kappa shape index (κ2) is 9.71. The van der Waals surface area contributed by atoms with E-state index >= 15 is 0 Å². The van der Waals surface area contributed by atoms with Crippen LogP contribution in [0.25, 0.3) is 5.69 Å². The summed E-state index contributed by atoms with van der Waals surface area (Å²) in [5, 5.41) is 15.6. The van der Waals surface area contributed by atoms with Gasteiger partial charge in [-0.3, -0.25) is 4.79 Å². The van der Waals surface area contributed by atoms with Gasteiger partial charge in [0.1, 0.15) is 0 Å². The summed E-state index contributed by atoms with van der Waals surface area (Å²) >= 11 is 1.35. The number of hydrogen-bond acceptors (Lipinski definition) is 5. The molecule has 0 aliphatic carbocycles. The fourth-order valence-corrected chi connectivity index (χ4v) is 3.56. The number of aromatic nitrogens is 4. The molecule has 0 radical (unpaired) electrons. The van der Waals surface area contributed by atoms with Crippen LogP contribution in [0.3, 0.4) is 0 Å². The Hall–Kier alpha value is -1.89. The number of aryl methyl sites for hydroxylation is 2. The molecule has 1 atom stereocenters. The zero-order chi connectivity index (χ0) is 19.1. The summed E-state index contributed by atoms with van der Waals surface area (Å²) in [5.41, 5.74) is 3.22. The van der Waals surface area contributed by atoms with Crippen molar-refractivity contribution in [1.29, 1.82) is 0 Å². The van der Waals surface area contributed by atoms with Crippen LogP contribution in [0, 0.1) is 19.8 Å². The van der Waals surface area contributed by atoms with E-state index in [1.165, 1.54) is 18.2 Å². The van der Waals surface area contributed by atoms with Crippen molar-refractivity contribution in [2.75, 3.05) is 5.75 Å². The van der Waals surface area contributed by atoms with E-state index in [1.807, 2.05) is 26.0 Å². The molecule has 0 saturated carbocycles. The SMILES string of the molecule is Cc1cc(C)cc(-n2nnnc2SCC(=O)N[C@H](C)CCCC(C)C)c1. The third-order valence-corrected chi connectivity index (χ3v) is 4.97. The summed E-state index contributed by atoms with van der Waals surface area (Å²) in [6.45, 7) is 10.6. The van der Waals surface area contributed by atoms with Gasteiger partial charge in [-0.1, -0.05) is 44.5 Å². The molecule has 2 aromatic rings. The molecule has 0 fully saturated rings. The van der Waals surface area contributed by atoms with E-state index in [4.69, 9.17) is 0 Å². The molecule has 0 aliphatic rings. The summed E-state index contributed by atoms with van der Waals surface area (Å²) in [7, 11) is 0. The lowest BCUT2D eigenvalue weighted by atomic mass is 10.0. The van der Waals surface area contributed by atoms with Gasteiger partial charge in [0.15, 0.2) is 0 Å². The number of nitrogens with one attached hydrogen (secondary N) is 1. The minimum absolute atomic E-state index is 0.0158. The predicted octanol–water partition coefficient (Wildman–Crippen LogP) is 3.70. The fraction of sp³-hybridized carbons (Fsp3) is 0.579. The van der Waals surface area contributed by atoms with E-state index < -0.39 is 0 Å². The molecule has 1 aromatic heterocycles. The van der Waals surface area contributed by atoms with Crippen molar-refractivity contribution in [3.63, 3.8) is 0 Å². The fourth-order valence-electron chi connectivity index (χ4n) is 2.85. The molecule has 0 aliphatic heterocycles. The van der Waals surface area contributed by atoms with Crippen LogP contribution in [0.4, 0.5) is 0 Å². The van der Waals surface area contributed by atoms with Crippen LogP contribution in [-0.2, 0) is 4.79 Å². The van der Waals surface area contributed by atoms with Crippen LogP contribution in [0.2, 0.25) is 0 Å². The van der Waals surface area contributed by atoms with Gasteiger partial charge in [0.05, 0.1) is 11.4 Å². The second-order valence-electron chi connectivity index (χ2n) is 7.30. The first-order chi connectivity index (χ1) is 12.3. The first-order valence-electron chi connectivity index (χ1n) is 9.14. The first-order valence-corrected chi connectivity index (χ1v) is 10.1. The van der Waals surface area contributed by atoms with Gasteiger partial charge in [-0.15, -0.1) is 5.10 Å². The van der Waals surface area contributed by atoms with Gasteiger partial charge in [0, 0.05) is 6.04 Å². The van der Waals surface area contributed by atoms with Crippen LogP contribution < -0.4 is 5.32 Å². The molecule has 0 spiro atoms. The zero-order valence-corrected chi connectivity index (χ0v) is 17.1. The highest BCUT2D eigenvalue weighted by Gasteiger charge is 2.13. The van der Waals surface area contributed by atoms with Crippen LogP contribution >= 0.6 is 11.8 Å². The number of benzene rings is 1. The minimum Gasteiger partial charge on any atom is -0.353 e. The highest BCUT2D eigenvalue weighted by atomic mass is 32.2. The number of carbonyl (C=O) groups excluding carboxylic acids is 1. The number of rotatable bonds is 9. The van der Waals surface area contributed by atoms with Crippen molar-refractivity contribution in [2.45, 2.75) is 65.1 Å². The van der Waals surface area contributed by atoms with Crippen molar-refractivity contribution in [1.82, 2.24) is 25.5 Å². The summed E-state index contributed by atoms with van der Waals surface area (Å²) in [6.07, 6.45) is 3.34. The van der Waals surface area contributed by atoms with E-state index in [1.54, 1.807) is 4.68 Å². The van der Waals surface area contributed by atoms with Crippen molar-refractivity contribution in [3.05, 3.63) is 29.3 Å². The van der Waals surface area contributed by atoms with E-state index in [0.717, 1.165) is 29.7 Å². The molecule has 1 N–H and O–H groups in total. The van der Waals surface area contributed by atoms with Crippen LogP contribution in [0.1, 0.15) is 51.2 Å². The van der Waals surface area contributed by atoms with Crippen molar-refractivity contribution >= 4 is 17.7 Å². The Bertz CT molecular complexity index is 708. The lowest BCUT2D eigenvalue weighted by Gasteiger charge is -2.14. The highest BCUT2D eigenvalue weighted by Crippen LogP contribution is 2.20. The largest absolute Gasteiger partial charge is 0.353 e. The molecular formula is C19H29N5OS. The Labute approximate surface area is 160 Å². The predicted molar refractivity (Wildman–Crippen MR) is 106 cm³/mol. The molecular weight excluding hydrogens is 346 g/mol. The third kappa shape index (κ3) is 6.44. The molecule has 0 unspecified atom stereocenters. The Morgan fingerprint density at radius 1 is 1.15 bits per heavy atom. The Morgan fingerprint density at radius 2 is 1.85 bits per heavy atom. The van der Waals surface area contributed by atoms with Crippen LogP contribution in [0.5, 0.6) is 0 Å². The molecule has 7 heteroatoms. The molecule has 1 aromatic carbocycles. The maximum absolute atomic E-state index is 12.2. The Morgan fingerprint density at radius 3 is 2.50 bits per heavy atom. The number of amides is 1. The van der Waals surface area contributed by atoms with Gasteiger partial charge in [-0.05, 0) is 66.8 Å². The van der Waals surface area contributed by atoms with Crippen molar-refractivity contribution in [3.8, 4) is 5.69 Å². The van der Waals surface area contributed by atoms with Crippen LogP contribution in [0.15, 0.2) is 23.4 Å². The van der Waals surface area contributed by atoms with Crippen molar-refractivity contribution in [2.24, 2.45) is 5.92 Å². The monoisotopic (exact) mass is 375 g/mol. The average Bonchev–Trinajstić information content (AvgIpc) is 3.00. The average molecular weight is 376 g/mol. The molecule has 26 heavy (non-hydrogen) atoms. The van der Waals surface area contributed by atoms with Gasteiger partial charge in [-0.25, -0.2) is 0 Å². The summed E-state index contributed by atoms with van der Waals surface area (Å²) in [5.74, 6) is 1.03. The van der Waals surface area contributed by atoms with Gasteiger partial charge in [-0.2, -0.15) is 4.68 Å². The van der Waals surface area contributed by atoms with Gasteiger partial charge in [0.25, 0.3) is 0 Å². The van der Waals surface area contributed by atoms with Gasteiger partial charge >= 0.3 is 0 Å². The molecule has 1 heterocycles. The van der Waals surface area contributed by atoms with E-state index in [0.29, 0.717) is 16.8 Å². The second-order valence-corrected chi connectivity index (χ2v) is 8.24. The molecule has 0 bridgehead atoms. The van der Waals surface area contributed by atoms with E-state index in [-0.39, 0.29) is 11.9 Å². The number of carbonyl (C=O) groups is 1. The maximum atomic E-state index is 12.2. The lowest BCUT2D eigenvalue weighted by molar-refractivity contribution is -0.119. The summed E-state index contributed by atoms with van der Waals surface area (Å²) in [6, 6.07) is 6.36. The third-order valence-electron chi connectivity index (χ3n) is 4.05. The Balaban J connectivity index is 1.88. The van der Waals surface area contributed by atoms with Gasteiger partial charge in [0.2, 0.25) is 11.1 Å². The highest BCUT2D eigenvalue weighted by molar-refractivity contribution is 7.99. The quantitative estimate of drug-likeness (QED) is 0.677. The number of hydrogen-bond donors (Lipinski definition) is 1. The topological polar surface area (TPSA) is 72.7 Å². The molecule has 0 saturated heterocycles. The standard InChI is InChI=1S/C19H29N5OS/c1-13(2)7-6-8-16(5)20-18(25)12-26-19-21-22-23-24(19)17-10-14(3)9-15(4)11-17/h9-11,13,16H,6-8,12H2,1-5H3,(H,20,25)/t16-/m1/s1. The Kier molecular flexibility index (Phi) is 7.63. The van der Waals surface area contributed by atoms with Crippen molar-refractivity contribution < 1.29 is 4.79 Å². The summed E-state index contributed by atoms with van der Waals surface area (Å²) in [4.78, 5) is 12.2. The minimum atomic E-state index is 0.0158. The summed E-state index contributed by atoms with van der Waals surface area (Å²) < 4.78 is 1.68. The molecule has 142 valence electrons. The number of thioether (sulfide) groups is 1. The lowest BCUT2D eigenvalue weighted by Crippen LogP contribution is -2.33.